The van der Waals surface area contributed by atoms with Crippen LogP contribution in [0.5, 0.6) is 0 Å². The van der Waals surface area contributed by atoms with Crippen LogP contribution in [0.2, 0.25) is 0 Å². The predicted octanol–water partition coefficient (Wildman–Crippen LogP) is 3.08. The highest BCUT2D eigenvalue weighted by Gasteiger charge is 2.02. The van der Waals surface area contributed by atoms with Gasteiger partial charge in [0.2, 0.25) is 0 Å². The van der Waals surface area contributed by atoms with E-state index in [4.69, 9.17) is 5.73 Å². The zero-order valence-corrected chi connectivity index (χ0v) is 9.81. The Kier molecular flexibility index (Phi) is 2.84. The number of pyridine rings is 1. The molecule has 0 spiro atoms. The molecular weight excluding hydrogens is 260 g/mol. The minimum atomic E-state index is 0.810. The van der Waals surface area contributed by atoms with E-state index < -0.39 is 0 Å². The summed E-state index contributed by atoms with van der Waals surface area (Å²) >= 11 is 5.15. The first kappa shape index (κ1) is 9.68. The molecule has 0 aliphatic carbocycles. The normalized spacial score (nSPS) is 10.4. The average molecular weight is 269 g/mol. The van der Waals surface area contributed by atoms with Gasteiger partial charge in [0.05, 0.1) is 0 Å². The Hall–Kier alpha value is -0.870. The molecule has 0 amide bonds. The number of hydrogen-bond donors (Lipinski definition) is 1. The Bertz CT molecular complexity index is 439. The second-order valence-electron chi connectivity index (χ2n) is 2.98. The first-order valence-corrected chi connectivity index (χ1v) is 5.84. The monoisotopic (exact) mass is 268 g/mol. The molecule has 2 nitrogen and oxygen atoms in total. The van der Waals surface area contributed by atoms with Crippen LogP contribution in [-0.2, 0) is 6.42 Å². The summed E-state index contributed by atoms with van der Waals surface area (Å²) in [5.74, 6) is 0. The molecule has 2 aromatic heterocycles. The molecule has 2 heterocycles. The van der Waals surface area contributed by atoms with E-state index in [2.05, 4.69) is 32.4 Å². The van der Waals surface area contributed by atoms with Gasteiger partial charge in [-0.1, -0.05) is 0 Å². The second-order valence-corrected chi connectivity index (χ2v) is 4.89. The van der Waals surface area contributed by atoms with Gasteiger partial charge in [0.15, 0.2) is 0 Å². The Morgan fingerprint density at radius 1 is 1.50 bits per heavy atom. The summed E-state index contributed by atoms with van der Waals surface area (Å²) in [6.07, 6.45) is 4.39. The summed E-state index contributed by atoms with van der Waals surface area (Å²) in [4.78, 5) is 5.35. The largest absolute Gasteiger partial charge is 0.398 e. The van der Waals surface area contributed by atoms with Gasteiger partial charge in [-0.05, 0) is 33.6 Å². The molecule has 14 heavy (non-hydrogen) atoms. The van der Waals surface area contributed by atoms with Crippen LogP contribution in [0.4, 0.5) is 5.69 Å². The number of nitrogens with zero attached hydrogens (tertiary/aromatic N) is 1. The third-order valence-electron chi connectivity index (χ3n) is 1.93. The fourth-order valence-corrected chi connectivity index (χ4v) is 2.69. The van der Waals surface area contributed by atoms with E-state index in [0.717, 1.165) is 22.1 Å². The summed E-state index contributed by atoms with van der Waals surface area (Å²) in [7, 11) is 0. The van der Waals surface area contributed by atoms with E-state index in [1.807, 2.05) is 12.3 Å². The maximum Gasteiger partial charge on any atom is 0.0381 e. The average Bonchev–Trinajstić information content (AvgIpc) is 2.56. The highest BCUT2D eigenvalue weighted by atomic mass is 79.9. The third kappa shape index (κ3) is 2.13. The molecule has 72 valence electrons. The number of anilines is 1. The Morgan fingerprint density at radius 2 is 2.36 bits per heavy atom. The molecule has 0 saturated carbocycles. The number of thiophene rings is 1. The standard InChI is InChI=1S/C10H9BrN2S/c11-8-4-9(14-6-8)3-7-5-13-2-1-10(7)12/h1-2,4-6H,3H2,(H2,12,13). The van der Waals surface area contributed by atoms with Crippen molar-refractivity contribution in [2.75, 3.05) is 5.73 Å². The minimum Gasteiger partial charge on any atom is -0.398 e. The van der Waals surface area contributed by atoms with Crippen molar-refractivity contribution in [2.45, 2.75) is 6.42 Å². The van der Waals surface area contributed by atoms with Gasteiger partial charge >= 0.3 is 0 Å². The van der Waals surface area contributed by atoms with Crippen LogP contribution in [-0.4, -0.2) is 4.98 Å². The van der Waals surface area contributed by atoms with Gasteiger partial charge in [-0.3, -0.25) is 4.98 Å². The summed E-state index contributed by atoms with van der Waals surface area (Å²) in [6.45, 7) is 0. The maximum atomic E-state index is 5.83. The number of halogens is 1. The summed E-state index contributed by atoms with van der Waals surface area (Å²) in [6, 6.07) is 3.94. The first-order chi connectivity index (χ1) is 6.75. The topological polar surface area (TPSA) is 38.9 Å². The number of aromatic nitrogens is 1. The molecule has 0 saturated heterocycles. The minimum absolute atomic E-state index is 0.810. The van der Waals surface area contributed by atoms with Crippen LogP contribution in [0.1, 0.15) is 10.4 Å². The Labute approximate surface area is 94.9 Å². The van der Waals surface area contributed by atoms with Crippen LogP contribution >= 0.6 is 27.3 Å². The number of nitrogen functional groups attached to an aromatic ring is 1. The molecule has 0 radical (unpaired) electrons. The van der Waals surface area contributed by atoms with Crippen LogP contribution < -0.4 is 5.73 Å². The lowest BCUT2D eigenvalue weighted by molar-refractivity contribution is 1.18. The van der Waals surface area contributed by atoms with Gasteiger partial charge in [0, 0.05) is 39.2 Å². The van der Waals surface area contributed by atoms with Crippen molar-refractivity contribution < 1.29 is 0 Å². The van der Waals surface area contributed by atoms with Gasteiger partial charge < -0.3 is 5.73 Å². The highest BCUT2D eigenvalue weighted by molar-refractivity contribution is 9.10. The van der Waals surface area contributed by atoms with Crippen molar-refractivity contribution in [2.24, 2.45) is 0 Å². The SMILES string of the molecule is Nc1ccncc1Cc1cc(Br)cs1. The van der Waals surface area contributed by atoms with Crippen LogP contribution in [0, 0.1) is 0 Å². The fourth-order valence-electron chi connectivity index (χ4n) is 1.22. The molecule has 4 heteroatoms. The number of rotatable bonds is 2. The van der Waals surface area contributed by atoms with E-state index in [-0.39, 0.29) is 0 Å². The lowest BCUT2D eigenvalue weighted by atomic mass is 10.1. The van der Waals surface area contributed by atoms with Crippen molar-refractivity contribution in [3.8, 4) is 0 Å². The van der Waals surface area contributed by atoms with E-state index in [9.17, 15) is 0 Å². The van der Waals surface area contributed by atoms with E-state index in [1.165, 1.54) is 4.88 Å². The van der Waals surface area contributed by atoms with Gasteiger partial charge in [-0.25, -0.2) is 0 Å². The fraction of sp³-hybridized carbons (Fsp3) is 0.100. The van der Waals surface area contributed by atoms with Gasteiger partial charge in [0.1, 0.15) is 0 Å². The maximum absolute atomic E-state index is 5.83. The molecule has 0 aromatic carbocycles. The Morgan fingerprint density at radius 3 is 3.00 bits per heavy atom. The molecular formula is C10H9BrN2S. The number of hydrogen-bond acceptors (Lipinski definition) is 3. The lowest BCUT2D eigenvalue weighted by Gasteiger charge is -2.01. The van der Waals surface area contributed by atoms with Crippen LogP contribution in [0.25, 0.3) is 0 Å². The smallest absolute Gasteiger partial charge is 0.0381 e. The predicted molar refractivity (Wildman–Crippen MR) is 63.5 cm³/mol. The zero-order valence-electron chi connectivity index (χ0n) is 7.40. The number of nitrogens with two attached hydrogens (primary N) is 1. The second kappa shape index (κ2) is 4.11. The van der Waals surface area contributed by atoms with Gasteiger partial charge in [0.25, 0.3) is 0 Å². The molecule has 0 aliphatic rings. The molecule has 2 rings (SSSR count). The molecule has 2 aromatic rings. The van der Waals surface area contributed by atoms with Crippen molar-refractivity contribution in [3.63, 3.8) is 0 Å². The summed E-state index contributed by atoms with van der Waals surface area (Å²) in [5, 5.41) is 2.07. The van der Waals surface area contributed by atoms with Crippen LogP contribution in [0.3, 0.4) is 0 Å². The molecule has 0 fully saturated rings. The Balaban J connectivity index is 2.23. The molecule has 0 bridgehead atoms. The van der Waals surface area contributed by atoms with Gasteiger partial charge in [-0.15, -0.1) is 11.3 Å². The van der Waals surface area contributed by atoms with E-state index in [1.54, 1.807) is 17.5 Å². The van der Waals surface area contributed by atoms with E-state index in [0.29, 0.717) is 0 Å². The zero-order chi connectivity index (χ0) is 9.97. The van der Waals surface area contributed by atoms with Crippen LogP contribution in [0.15, 0.2) is 34.4 Å². The quantitative estimate of drug-likeness (QED) is 0.909. The molecule has 0 unspecified atom stereocenters. The molecule has 0 aliphatic heterocycles. The first-order valence-electron chi connectivity index (χ1n) is 4.17. The van der Waals surface area contributed by atoms with E-state index >= 15 is 0 Å². The summed E-state index contributed by atoms with van der Waals surface area (Å²) in [5.41, 5.74) is 7.72. The van der Waals surface area contributed by atoms with Crippen molar-refractivity contribution in [3.05, 3.63) is 44.8 Å². The van der Waals surface area contributed by atoms with Crippen molar-refractivity contribution >= 4 is 33.0 Å². The van der Waals surface area contributed by atoms with Crippen molar-refractivity contribution in [1.82, 2.24) is 4.98 Å². The lowest BCUT2D eigenvalue weighted by Crippen LogP contribution is -1.94. The third-order valence-corrected chi connectivity index (χ3v) is 3.63. The van der Waals surface area contributed by atoms with Crippen molar-refractivity contribution in [1.29, 1.82) is 0 Å². The van der Waals surface area contributed by atoms with Gasteiger partial charge in [-0.2, -0.15) is 0 Å². The summed E-state index contributed by atoms with van der Waals surface area (Å²) < 4.78 is 1.12. The highest BCUT2D eigenvalue weighted by Crippen LogP contribution is 2.23. The molecule has 2 N–H and O–H groups in total. The molecule has 0 atom stereocenters.